The molecule has 4 unspecified atom stereocenters. The van der Waals surface area contributed by atoms with Gasteiger partial charge >= 0.3 is 23.9 Å². The van der Waals surface area contributed by atoms with Crippen LogP contribution in [-0.2, 0) is 57.1 Å². The van der Waals surface area contributed by atoms with Crippen LogP contribution in [0.2, 0.25) is 0 Å². The first kappa shape index (κ1) is 47.5. The molecule has 0 bridgehead atoms. The van der Waals surface area contributed by atoms with Gasteiger partial charge < -0.3 is 43.0 Å². The summed E-state index contributed by atoms with van der Waals surface area (Å²) in [6, 6.07) is 0. The van der Waals surface area contributed by atoms with Gasteiger partial charge in [-0.05, 0) is 51.7 Å². The fraction of sp³-hybridized carbons (Fsp3) is 0.879. The summed E-state index contributed by atoms with van der Waals surface area (Å²) in [6.07, 6.45) is 3.33. The van der Waals surface area contributed by atoms with E-state index in [-0.39, 0.29) is 62.2 Å². The van der Waals surface area contributed by atoms with Crippen LogP contribution in [-0.4, -0.2) is 135 Å². The highest BCUT2D eigenvalue weighted by Crippen LogP contribution is 2.06. The van der Waals surface area contributed by atoms with Crippen LogP contribution in [0.5, 0.6) is 0 Å². The van der Waals surface area contributed by atoms with Gasteiger partial charge in [0, 0.05) is 58.1 Å². The highest BCUT2D eigenvalue weighted by molar-refractivity contribution is 5.70. The van der Waals surface area contributed by atoms with Crippen molar-refractivity contribution in [1.29, 1.82) is 0 Å². The van der Waals surface area contributed by atoms with Crippen molar-refractivity contribution >= 4 is 23.9 Å². The van der Waals surface area contributed by atoms with Crippen LogP contribution in [0.4, 0.5) is 0 Å². The summed E-state index contributed by atoms with van der Waals surface area (Å²) in [6.45, 7) is 5.43. The smallest absolute Gasteiger partial charge is 0.305 e. The summed E-state index contributed by atoms with van der Waals surface area (Å²) in [5.74, 6) is -1.16. The van der Waals surface area contributed by atoms with Crippen molar-refractivity contribution in [1.82, 2.24) is 21.3 Å². The molecule has 0 aliphatic heterocycles. The second-order valence-corrected chi connectivity index (χ2v) is 11.2. The van der Waals surface area contributed by atoms with Gasteiger partial charge in [-0.15, -0.1) is 0 Å². The standard InChI is InChI=1S/C33H64N4O13/c1-6-22-47-26(34-18-7-11-29(38)43-2)15-23-48-27(35-19-8-12-30(39)44-3)16-24-49-28(36-20-9-13-31(40)45-4)17-25-50-33(42)37-21-10-14-32(41)46-5/h26-28,33-37,42H,6-25H2,1-5H3. The summed E-state index contributed by atoms with van der Waals surface area (Å²) in [5.41, 5.74) is 0. The highest BCUT2D eigenvalue weighted by Gasteiger charge is 2.16. The zero-order valence-electron chi connectivity index (χ0n) is 30.8. The normalized spacial score (nSPS) is 13.6. The number of hydrogen-bond donors (Lipinski definition) is 5. The van der Waals surface area contributed by atoms with Gasteiger partial charge in [-0.25, -0.2) is 0 Å². The van der Waals surface area contributed by atoms with E-state index in [1.54, 1.807) is 0 Å². The van der Waals surface area contributed by atoms with Crippen molar-refractivity contribution < 1.29 is 62.2 Å². The highest BCUT2D eigenvalue weighted by atomic mass is 16.6. The number of carbonyl (C=O) groups excluding carboxylic acids is 4. The Morgan fingerprint density at radius 1 is 0.480 bits per heavy atom. The van der Waals surface area contributed by atoms with E-state index in [1.165, 1.54) is 28.4 Å². The molecule has 0 spiro atoms. The Balaban J connectivity index is 5.06. The second kappa shape index (κ2) is 33.7. The lowest BCUT2D eigenvalue weighted by Crippen LogP contribution is -2.39. The lowest BCUT2D eigenvalue weighted by molar-refractivity contribution is -0.142. The van der Waals surface area contributed by atoms with Crippen LogP contribution in [0, 0.1) is 0 Å². The van der Waals surface area contributed by atoms with Crippen molar-refractivity contribution in [3.05, 3.63) is 0 Å². The number of hydrogen-bond acceptors (Lipinski definition) is 17. The molecule has 0 aliphatic rings. The van der Waals surface area contributed by atoms with Crippen LogP contribution in [0.1, 0.15) is 84.0 Å². The molecule has 17 nitrogen and oxygen atoms in total. The lowest BCUT2D eigenvalue weighted by atomic mass is 10.3. The molecule has 0 aliphatic carbocycles. The van der Waals surface area contributed by atoms with Gasteiger partial charge in [-0.2, -0.15) is 0 Å². The molecule has 0 saturated carbocycles. The van der Waals surface area contributed by atoms with E-state index in [9.17, 15) is 24.3 Å². The molecule has 0 rings (SSSR count). The van der Waals surface area contributed by atoms with Crippen LogP contribution in [0.3, 0.4) is 0 Å². The third kappa shape index (κ3) is 29.3. The zero-order chi connectivity index (χ0) is 37.2. The number of aliphatic hydroxyl groups excluding tert-OH is 1. The lowest BCUT2D eigenvalue weighted by Gasteiger charge is -2.25. The van der Waals surface area contributed by atoms with Crippen molar-refractivity contribution in [3.63, 3.8) is 0 Å². The maximum absolute atomic E-state index is 11.6. The topological polar surface area (TPSA) is 210 Å². The predicted octanol–water partition coefficient (Wildman–Crippen LogP) is 1.06. The van der Waals surface area contributed by atoms with Gasteiger partial charge in [-0.3, -0.25) is 40.4 Å². The van der Waals surface area contributed by atoms with Crippen molar-refractivity contribution in [2.45, 2.75) is 109 Å². The molecule has 0 fully saturated rings. The minimum absolute atomic E-state index is 0.164. The number of aliphatic hydroxyl groups is 1. The van der Waals surface area contributed by atoms with Crippen LogP contribution < -0.4 is 21.3 Å². The molecule has 50 heavy (non-hydrogen) atoms. The molecular formula is C33H64N4O13. The first-order chi connectivity index (χ1) is 24.2. The number of nitrogens with one attached hydrogen (secondary N) is 4. The summed E-state index contributed by atoms with van der Waals surface area (Å²) < 4.78 is 42.4. The third-order valence-electron chi connectivity index (χ3n) is 7.15. The van der Waals surface area contributed by atoms with Crippen LogP contribution in [0.15, 0.2) is 0 Å². The summed E-state index contributed by atoms with van der Waals surface area (Å²) in [7, 11) is 5.40. The quantitative estimate of drug-likeness (QED) is 0.0268. The Morgan fingerprint density at radius 2 is 0.780 bits per heavy atom. The van der Waals surface area contributed by atoms with Gasteiger partial charge in [0.25, 0.3) is 0 Å². The summed E-state index contributed by atoms with van der Waals surface area (Å²) >= 11 is 0. The average molecular weight is 725 g/mol. The van der Waals surface area contributed by atoms with E-state index in [0.717, 1.165) is 6.42 Å². The van der Waals surface area contributed by atoms with Gasteiger partial charge in [0.1, 0.15) is 18.7 Å². The van der Waals surface area contributed by atoms with Crippen LogP contribution >= 0.6 is 0 Å². The van der Waals surface area contributed by atoms with Crippen molar-refractivity contribution in [3.8, 4) is 0 Å². The second-order valence-electron chi connectivity index (χ2n) is 11.2. The van der Waals surface area contributed by atoms with Gasteiger partial charge in [0.05, 0.1) is 48.3 Å². The van der Waals surface area contributed by atoms with E-state index in [0.29, 0.717) is 97.4 Å². The predicted molar refractivity (Wildman–Crippen MR) is 182 cm³/mol. The summed E-state index contributed by atoms with van der Waals surface area (Å²) in [5, 5.41) is 22.8. The maximum Gasteiger partial charge on any atom is 0.305 e. The number of esters is 4. The zero-order valence-corrected chi connectivity index (χ0v) is 30.8. The van der Waals surface area contributed by atoms with Gasteiger partial charge in [-0.1, -0.05) is 6.92 Å². The molecule has 0 heterocycles. The molecule has 0 aromatic carbocycles. The first-order valence-electron chi connectivity index (χ1n) is 17.5. The Labute approximate surface area is 297 Å². The number of rotatable bonds is 35. The monoisotopic (exact) mass is 724 g/mol. The fourth-order valence-electron chi connectivity index (χ4n) is 4.33. The van der Waals surface area contributed by atoms with E-state index in [1.807, 2.05) is 6.92 Å². The van der Waals surface area contributed by atoms with E-state index in [2.05, 4.69) is 26.0 Å². The van der Waals surface area contributed by atoms with E-state index < -0.39 is 12.6 Å². The minimum Gasteiger partial charge on any atom is -0.469 e. The maximum atomic E-state index is 11.6. The number of ether oxygens (including phenoxy) is 8. The molecule has 17 heteroatoms. The SMILES string of the molecule is CCCOC(CCOC(CCOC(CCOC(O)NCCCC(=O)OC)NCCCC(=O)OC)NCCCC(=O)OC)NCCCC(=O)OC. The Morgan fingerprint density at radius 3 is 1.10 bits per heavy atom. The minimum atomic E-state index is -1.22. The first-order valence-corrected chi connectivity index (χ1v) is 17.5. The van der Waals surface area contributed by atoms with E-state index in [4.69, 9.17) is 33.2 Å². The fourth-order valence-corrected chi connectivity index (χ4v) is 4.33. The molecule has 4 atom stereocenters. The molecule has 0 amide bonds. The number of carbonyl (C=O) groups is 4. The molecule has 0 aromatic rings. The summed E-state index contributed by atoms with van der Waals surface area (Å²) in [4.78, 5) is 45.7. The third-order valence-corrected chi connectivity index (χ3v) is 7.15. The average Bonchev–Trinajstić information content (AvgIpc) is 3.12. The van der Waals surface area contributed by atoms with Crippen molar-refractivity contribution in [2.24, 2.45) is 0 Å². The Kier molecular flexibility index (Phi) is 32.0. The van der Waals surface area contributed by atoms with E-state index >= 15 is 0 Å². The van der Waals surface area contributed by atoms with Crippen LogP contribution in [0.25, 0.3) is 0 Å². The van der Waals surface area contributed by atoms with Gasteiger partial charge in [0.15, 0.2) is 0 Å². The number of methoxy groups -OCH3 is 4. The van der Waals surface area contributed by atoms with Gasteiger partial charge in [0.2, 0.25) is 6.41 Å². The molecule has 0 saturated heterocycles. The Hall–Kier alpha value is -2.48. The largest absolute Gasteiger partial charge is 0.469 e. The van der Waals surface area contributed by atoms with Crippen molar-refractivity contribution in [2.75, 3.05) is 81.0 Å². The molecule has 294 valence electrons. The molecule has 0 radical (unpaired) electrons. The molecule has 5 N–H and O–H groups in total. The Bertz CT molecular complexity index is 872. The molecular weight excluding hydrogens is 660 g/mol. The molecule has 0 aromatic heterocycles.